The molecule has 1 N–H and O–H groups in total. The minimum atomic E-state index is -4.39. The third-order valence-corrected chi connectivity index (χ3v) is 17.9. The van der Waals surface area contributed by atoms with E-state index in [2.05, 4.69) is 62.5 Å². The highest BCUT2D eigenvalue weighted by molar-refractivity contribution is 7.47. The van der Waals surface area contributed by atoms with Crippen LogP contribution in [0.4, 0.5) is 0 Å². The number of unbranched alkanes of at least 4 members (excludes halogenated alkanes) is 48. The van der Waals surface area contributed by atoms with Gasteiger partial charge in [-0.05, 0) is 51.4 Å². The molecule has 0 aliphatic rings. The molecule has 2 unspecified atom stereocenters. The fraction of sp³-hybridized carbons (Fsp3) is 0.868. The quantitative estimate of drug-likeness (QED) is 0.0211. The Morgan fingerprint density at radius 2 is 0.663 bits per heavy atom. The molecule has 0 bridgehead atoms. The van der Waals surface area contributed by atoms with Crippen molar-refractivity contribution < 1.29 is 42.1 Å². The number of phosphoric acid groups is 1. The molecule has 0 spiro atoms. The number of nitrogens with zero attached hydrogens (tertiary/aromatic N) is 1. The van der Waals surface area contributed by atoms with Gasteiger partial charge in [0.25, 0.3) is 0 Å². The van der Waals surface area contributed by atoms with Crippen molar-refractivity contribution in [1.29, 1.82) is 0 Å². The van der Waals surface area contributed by atoms with Crippen LogP contribution in [0.5, 0.6) is 0 Å². The van der Waals surface area contributed by atoms with Gasteiger partial charge in [-0.1, -0.05) is 358 Å². The molecule has 0 saturated carbocycles. The zero-order chi connectivity index (χ0) is 62.6. The van der Waals surface area contributed by atoms with Crippen LogP contribution < -0.4 is 0 Å². The van der Waals surface area contributed by atoms with Crippen molar-refractivity contribution in [3.8, 4) is 0 Å². The van der Waals surface area contributed by atoms with Crippen LogP contribution in [0.3, 0.4) is 0 Å². The maximum Gasteiger partial charge on any atom is 0.472 e. The van der Waals surface area contributed by atoms with E-state index in [9.17, 15) is 19.0 Å². The van der Waals surface area contributed by atoms with E-state index in [1.54, 1.807) is 0 Å². The van der Waals surface area contributed by atoms with E-state index in [0.717, 1.165) is 57.8 Å². The summed E-state index contributed by atoms with van der Waals surface area (Å²) in [5.41, 5.74) is 0. The van der Waals surface area contributed by atoms with E-state index < -0.39 is 26.5 Å². The number of allylic oxidation sites excluding steroid dienone is 8. The van der Waals surface area contributed by atoms with E-state index in [0.29, 0.717) is 23.9 Å². The Hall–Kier alpha value is -2.03. The Morgan fingerprint density at radius 1 is 0.372 bits per heavy atom. The number of carbonyl (C=O) groups is 2. The smallest absolute Gasteiger partial charge is 0.462 e. The first-order chi connectivity index (χ1) is 42.0. The molecular formula is C76H145NO8P+. The summed E-state index contributed by atoms with van der Waals surface area (Å²) in [5.74, 6) is -0.772. The number of hydrogen-bond donors (Lipinski definition) is 1. The van der Waals surface area contributed by atoms with Gasteiger partial charge in [0.2, 0.25) is 0 Å². The van der Waals surface area contributed by atoms with Crippen LogP contribution in [-0.4, -0.2) is 74.9 Å². The molecule has 2 atom stereocenters. The normalized spacial score (nSPS) is 13.3. The second-order valence-corrected chi connectivity index (χ2v) is 28.1. The first kappa shape index (κ1) is 84.0. The van der Waals surface area contributed by atoms with Crippen molar-refractivity contribution >= 4 is 19.8 Å². The molecule has 9 nitrogen and oxygen atoms in total. The molecular weight excluding hydrogens is 1090 g/mol. The van der Waals surface area contributed by atoms with Crippen LogP contribution in [0.25, 0.3) is 0 Å². The van der Waals surface area contributed by atoms with Crippen molar-refractivity contribution in [1.82, 2.24) is 0 Å². The number of likely N-dealkylation sites (N-methyl/N-ethyl adjacent to an activating group) is 1. The number of quaternary nitrogens is 1. The molecule has 0 amide bonds. The van der Waals surface area contributed by atoms with Gasteiger partial charge in [-0.3, -0.25) is 18.6 Å². The number of phosphoric ester groups is 1. The Balaban J connectivity index is 3.87. The molecule has 0 saturated heterocycles. The summed E-state index contributed by atoms with van der Waals surface area (Å²) in [4.78, 5) is 35.9. The van der Waals surface area contributed by atoms with E-state index in [4.69, 9.17) is 18.5 Å². The number of carbonyl (C=O) groups excluding carboxylic acids is 2. The van der Waals surface area contributed by atoms with Gasteiger partial charge in [-0.25, -0.2) is 4.57 Å². The predicted octanol–water partition coefficient (Wildman–Crippen LogP) is 24.4. The molecule has 0 aromatic rings. The number of ether oxygens (including phenoxy) is 2. The largest absolute Gasteiger partial charge is 0.472 e. The van der Waals surface area contributed by atoms with Crippen molar-refractivity contribution in [3.05, 3.63) is 48.6 Å². The maximum atomic E-state index is 12.9. The number of esters is 2. The summed E-state index contributed by atoms with van der Waals surface area (Å²) >= 11 is 0. The van der Waals surface area contributed by atoms with Crippen molar-refractivity contribution in [2.75, 3.05) is 47.5 Å². The minimum absolute atomic E-state index is 0.0356. The second-order valence-electron chi connectivity index (χ2n) is 26.7. The zero-order valence-electron chi connectivity index (χ0n) is 57.8. The van der Waals surface area contributed by atoms with Gasteiger partial charge < -0.3 is 18.9 Å². The molecule has 0 aromatic heterocycles. The summed E-state index contributed by atoms with van der Waals surface area (Å²) in [6.07, 6.45) is 88.2. The molecule has 0 heterocycles. The lowest BCUT2D eigenvalue weighted by atomic mass is 10.0. The molecule has 0 aromatic carbocycles. The topological polar surface area (TPSA) is 108 Å². The van der Waals surface area contributed by atoms with Crippen LogP contribution >= 0.6 is 7.82 Å². The molecule has 0 fully saturated rings. The molecule has 506 valence electrons. The Morgan fingerprint density at radius 3 is 0.988 bits per heavy atom. The van der Waals surface area contributed by atoms with Crippen molar-refractivity contribution in [2.24, 2.45) is 0 Å². The second kappa shape index (κ2) is 67.4. The lowest BCUT2D eigenvalue weighted by Crippen LogP contribution is -2.37. The Bertz CT molecular complexity index is 1590. The summed E-state index contributed by atoms with van der Waals surface area (Å²) < 4.78 is 34.8. The molecule has 0 aliphatic heterocycles. The van der Waals surface area contributed by atoms with Crippen LogP contribution in [-0.2, 0) is 32.7 Å². The third kappa shape index (κ3) is 71.1. The first-order valence-corrected chi connectivity index (χ1v) is 38.9. The van der Waals surface area contributed by atoms with E-state index in [-0.39, 0.29) is 25.6 Å². The number of rotatable bonds is 70. The SMILES string of the molecule is CC/C=C\C/C=C\C/C=C\C/C=C\CCCCCCCCCCCCCCCCCCCCCCCCCCCCCCC(=O)OC(COC(=O)CCCCCCCCCCCCCCCCCCCCCCC)COP(=O)(O)OCC[N+](C)(C)C. The van der Waals surface area contributed by atoms with Crippen LogP contribution in [0, 0.1) is 0 Å². The lowest BCUT2D eigenvalue weighted by Gasteiger charge is -2.24. The van der Waals surface area contributed by atoms with E-state index in [1.165, 1.54) is 283 Å². The first-order valence-electron chi connectivity index (χ1n) is 37.4. The van der Waals surface area contributed by atoms with Gasteiger partial charge >= 0.3 is 19.8 Å². The average molecular weight is 1230 g/mol. The maximum absolute atomic E-state index is 12.9. The Kier molecular flexibility index (Phi) is 65.8. The summed E-state index contributed by atoms with van der Waals surface area (Å²) in [7, 11) is 1.50. The van der Waals surface area contributed by atoms with Gasteiger partial charge in [0.1, 0.15) is 19.8 Å². The fourth-order valence-corrected chi connectivity index (χ4v) is 11.9. The van der Waals surface area contributed by atoms with Gasteiger partial charge in [-0.2, -0.15) is 0 Å². The highest BCUT2D eigenvalue weighted by Gasteiger charge is 2.27. The van der Waals surface area contributed by atoms with Gasteiger partial charge in [0.15, 0.2) is 6.10 Å². The van der Waals surface area contributed by atoms with Gasteiger partial charge in [0, 0.05) is 12.8 Å². The average Bonchev–Trinajstić information content (AvgIpc) is 3.70. The van der Waals surface area contributed by atoms with Crippen LogP contribution in [0.2, 0.25) is 0 Å². The van der Waals surface area contributed by atoms with Gasteiger partial charge in [-0.15, -0.1) is 0 Å². The molecule has 0 rings (SSSR count). The minimum Gasteiger partial charge on any atom is -0.462 e. The van der Waals surface area contributed by atoms with Crippen molar-refractivity contribution in [2.45, 2.75) is 380 Å². The molecule has 0 aliphatic carbocycles. The molecule has 0 radical (unpaired) electrons. The van der Waals surface area contributed by atoms with E-state index >= 15 is 0 Å². The fourth-order valence-electron chi connectivity index (χ4n) is 11.2. The predicted molar refractivity (Wildman–Crippen MR) is 372 cm³/mol. The highest BCUT2D eigenvalue weighted by Crippen LogP contribution is 2.43. The number of hydrogen-bond acceptors (Lipinski definition) is 7. The lowest BCUT2D eigenvalue weighted by molar-refractivity contribution is -0.870. The van der Waals surface area contributed by atoms with Crippen molar-refractivity contribution in [3.63, 3.8) is 0 Å². The molecule has 10 heteroatoms. The molecule has 86 heavy (non-hydrogen) atoms. The summed E-state index contributed by atoms with van der Waals surface area (Å²) in [6, 6.07) is 0. The van der Waals surface area contributed by atoms with Crippen LogP contribution in [0.1, 0.15) is 373 Å². The highest BCUT2D eigenvalue weighted by atomic mass is 31.2. The van der Waals surface area contributed by atoms with Gasteiger partial charge in [0.05, 0.1) is 27.7 Å². The third-order valence-electron chi connectivity index (χ3n) is 16.9. The van der Waals surface area contributed by atoms with E-state index in [1.807, 2.05) is 21.1 Å². The van der Waals surface area contributed by atoms with Crippen LogP contribution in [0.15, 0.2) is 48.6 Å². The zero-order valence-corrected chi connectivity index (χ0v) is 58.7. The summed E-state index contributed by atoms with van der Waals surface area (Å²) in [5, 5.41) is 0. The summed E-state index contributed by atoms with van der Waals surface area (Å²) in [6.45, 7) is 4.40. The monoisotopic (exact) mass is 1230 g/mol. The standard InChI is InChI=1S/C76H144NO8P/c1-6-8-10-12-14-16-18-20-22-24-26-28-29-30-31-32-33-34-35-36-37-38-39-40-41-42-43-44-45-46-47-49-51-53-55-57-59-61-63-65-67-69-76(79)85-74(73-84-86(80,81)83-71-70-77(3,4)5)72-82-75(78)68-66-64-62-60-58-56-54-52-50-48-27-25-23-21-19-17-15-13-11-9-7-2/h8,10,14,16,20,22,26,28,74H,6-7,9,11-13,15,17-19,21,23-25,27,29-73H2,1-5H3/p+1/b10-8-,16-14-,22-20-,28-26-. The Labute approximate surface area is 534 Å².